The van der Waals surface area contributed by atoms with Crippen LogP contribution >= 0.6 is 0 Å². The lowest BCUT2D eigenvalue weighted by molar-refractivity contribution is -0.147. The van der Waals surface area contributed by atoms with Crippen LogP contribution in [0.15, 0.2) is 18.5 Å². The Kier molecular flexibility index (Phi) is 3.90. The van der Waals surface area contributed by atoms with Gasteiger partial charge in [-0.3, -0.25) is 9.78 Å². The maximum Gasteiger partial charge on any atom is 0.329 e. The van der Waals surface area contributed by atoms with E-state index in [0.29, 0.717) is 5.75 Å². The van der Waals surface area contributed by atoms with Crippen molar-refractivity contribution in [2.75, 3.05) is 14.2 Å². The molecule has 0 atom stereocenters. The van der Waals surface area contributed by atoms with Gasteiger partial charge in [0.2, 0.25) is 0 Å². The first-order valence-corrected chi connectivity index (χ1v) is 5.32. The zero-order valence-corrected chi connectivity index (χ0v) is 10.8. The molecule has 1 aromatic heterocycles. The van der Waals surface area contributed by atoms with Crippen molar-refractivity contribution in [1.82, 2.24) is 9.88 Å². The number of rotatable bonds is 4. The van der Waals surface area contributed by atoms with E-state index in [2.05, 4.69) is 4.98 Å². The summed E-state index contributed by atoms with van der Waals surface area (Å²) < 4.78 is 5.03. The molecular weight excluding hydrogens is 236 g/mol. The number of carboxylic acid groups (broad SMARTS) is 1. The Morgan fingerprint density at radius 3 is 2.56 bits per heavy atom. The highest BCUT2D eigenvalue weighted by Gasteiger charge is 2.36. The fourth-order valence-corrected chi connectivity index (χ4v) is 1.30. The molecule has 0 saturated heterocycles. The third kappa shape index (κ3) is 2.42. The maximum atomic E-state index is 12.2. The molecule has 18 heavy (non-hydrogen) atoms. The summed E-state index contributed by atoms with van der Waals surface area (Å²) in [5, 5.41) is 9.10. The number of nitrogens with zero attached hydrogens (tertiary/aromatic N) is 2. The van der Waals surface area contributed by atoms with Gasteiger partial charge in [-0.25, -0.2) is 4.79 Å². The van der Waals surface area contributed by atoms with E-state index < -0.39 is 17.4 Å². The molecule has 0 unspecified atom stereocenters. The van der Waals surface area contributed by atoms with Crippen molar-refractivity contribution in [2.24, 2.45) is 0 Å². The summed E-state index contributed by atoms with van der Waals surface area (Å²) >= 11 is 0. The van der Waals surface area contributed by atoms with Gasteiger partial charge in [0.25, 0.3) is 5.91 Å². The average Bonchev–Trinajstić information content (AvgIpc) is 2.36. The molecule has 0 radical (unpaired) electrons. The first-order valence-electron chi connectivity index (χ1n) is 5.32. The lowest BCUT2D eigenvalue weighted by atomic mass is 10.0. The van der Waals surface area contributed by atoms with E-state index in [4.69, 9.17) is 9.84 Å². The molecular formula is C12H16N2O4. The quantitative estimate of drug-likeness (QED) is 0.865. The van der Waals surface area contributed by atoms with E-state index in [1.54, 1.807) is 0 Å². The Balaban J connectivity index is 3.11. The molecule has 0 aliphatic rings. The highest BCUT2D eigenvalue weighted by molar-refractivity contribution is 5.99. The minimum atomic E-state index is -1.30. The van der Waals surface area contributed by atoms with Crippen LogP contribution in [0.25, 0.3) is 0 Å². The van der Waals surface area contributed by atoms with Gasteiger partial charge in [0.15, 0.2) is 0 Å². The summed E-state index contributed by atoms with van der Waals surface area (Å²) in [5.74, 6) is -1.19. The molecule has 0 bridgehead atoms. The molecule has 0 spiro atoms. The predicted molar refractivity (Wildman–Crippen MR) is 64.6 cm³/mol. The van der Waals surface area contributed by atoms with Crippen LogP contribution in [0.2, 0.25) is 0 Å². The molecule has 6 nitrogen and oxygen atoms in total. The van der Waals surface area contributed by atoms with Crippen molar-refractivity contribution in [3.05, 3.63) is 24.0 Å². The Labute approximate surface area is 105 Å². The molecule has 1 heterocycles. The fraction of sp³-hybridized carbons (Fsp3) is 0.417. The smallest absolute Gasteiger partial charge is 0.329 e. The number of carbonyl (C=O) groups excluding carboxylic acids is 1. The van der Waals surface area contributed by atoms with Crippen LogP contribution in [0, 0.1) is 0 Å². The highest BCUT2D eigenvalue weighted by Crippen LogP contribution is 2.22. The predicted octanol–water partition coefficient (Wildman–Crippen LogP) is 1.03. The summed E-state index contributed by atoms with van der Waals surface area (Å²) in [6.07, 6.45) is 2.87. The van der Waals surface area contributed by atoms with E-state index >= 15 is 0 Å². The summed E-state index contributed by atoms with van der Waals surface area (Å²) in [5.41, 5.74) is -1.02. The highest BCUT2D eigenvalue weighted by atomic mass is 16.5. The number of carboxylic acids is 1. The monoisotopic (exact) mass is 252 g/mol. The first kappa shape index (κ1) is 14.0. The van der Waals surface area contributed by atoms with E-state index in [1.807, 2.05) is 0 Å². The Morgan fingerprint density at radius 2 is 2.06 bits per heavy atom. The Morgan fingerprint density at radius 1 is 1.44 bits per heavy atom. The molecule has 0 fully saturated rings. The largest absolute Gasteiger partial charge is 0.494 e. The van der Waals surface area contributed by atoms with E-state index in [9.17, 15) is 9.59 Å². The van der Waals surface area contributed by atoms with Crippen molar-refractivity contribution in [3.8, 4) is 5.75 Å². The topological polar surface area (TPSA) is 79.7 Å². The number of hydrogen-bond donors (Lipinski definition) is 1. The van der Waals surface area contributed by atoms with Crippen LogP contribution in [0.1, 0.15) is 24.2 Å². The second-order valence-corrected chi connectivity index (χ2v) is 4.30. The zero-order chi connectivity index (χ0) is 13.9. The Hall–Kier alpha value is -2.11. The molecule has 6 heteroatoms. The number of amides is 1. The van der Waals surface area contributed by atoms with E-state index in [1.165, 1.54) is 46.5 Å². The second-order valence-electron chi connectivity index (χ2n) is 4.30. The molecule has 1 aromatic rings. The average molecular weight is 252 g/mol. The molecule has 1 rings (SSSR count). The van der Waals surface area contributed by atoms with Crippen molar-refractivity contribution in [2.45, 2.75) is 19.4 Å². The van der Waals surface area contributed by atoms with Crippen LogP contribution in [0.3, 0.4) is 0 Å². The van der Waals surface area contributed by atoms with Crippen LogP contribution in [-0.2, 0) is 4.79 Å². The molecule has 0 aromatic carbocycles. The number of pyridine rings is 1. The normalized spacial score (nSPS) is 10.9. The minimum absolute atomic E-state index is 0.282. The molecule has 0 aliphatic heterocycles. The van der Waals surface area contributed by atoms with Crippen LogP contribution in [0.4, 0.5) is 0 Å². The third-order valence-electron chi connectivity index (χ3n) is 2.90. The van der Waals surface area contributed by atoms with Crippen LogP contribution in [0.5, 0.6) is 5.75 Å². The van der Waals surface area contributed by atoms with Crippen LogP contribution < -0.4 is 4.74 Å². The van der Waals surface area contributed by atoms with Crippen LogP contribution in [-0.4, -0.2) is 46.6 Å². The second kappa shape index (κ2) is 5.03. The lowest BCUT2D eigenvalue weighted by Gasteiger charge is -2.31. The van der Waals surface area contributed by atoms with Gasteiger partial charge in [0, 0.05) is 13.2 Å². The number of aromatic nitrogens is 1. The van der Waals surface area contributed by atoms with Gasteiger partial charge in [0.05, 0.1) is 18.9 Å². The molecule has 0 aliphatic carbocycles. The molecule has 1 N–H and O–H groups in total. The summed E-state index contributed by atoms with van der Waals surface area (Å²) in [4.78, 5) is 28.3. The van der Waals surface area contributed by atoms with Crippen molar-refractivity contribution in [3.63, 3.8) is 0 Å². The maximum absolute atomic E-state index is 12.2. The molecule has 0 saturated carbocycles. The molecule has 98 valence electrons. The number of hydrogen-bond acceptors (Lipinski definition) is 4. The van der Waals surface area contributed by atoms with E-state index in [0.717, 1.165) is 4.90 Å². The van der Waals surface area contributed by atoms with Gasteiger partial charge >= 0.3 is 5.97 Å². The number of carbonyl (C=O) groups is 2. The van der Waals surface area contributed by atoms with Gasteiger partial charge in [-0.1, -0.05) is 0 Å². The van der Waals surface area contributed by atoms with Gasteiger partial charge < -0.3 is 14.7 Å². The first-order chi connectivity index (χ1) is 8.32. The van der Waals surface area contributed by atoms with Gasteiger partial charge in [-0.15, -0.1) is 0 Å². The number of methoxy groups -OCH3 is 1. The van der Waals surface area contributed by atoms with Crippen molar-refractivity contribution >= 4 is 11.9 Å². The number of ether oxygens (including phenoxy) is 1. The van der Waals surface area contributed by atoms with Gasteiger partial charge in [-0.05, 0) is 19.9 Å². The Bertz CT molecular complexity index is 471. The van der Waals surface area contributed by atoms with Crippen molar-refractivity contribution in [1.29, 1.82) is 0 Å². The third-order valence-corrected chi connectivity index (χ3v) is 2.90. The summed E-state index contributed by atoms with van der Waals surface area (Å²) in [6, 6.07) is 1.50. The van der Waals surface area contributed by atoms with Gasteiger partial charge in [0.1, 0.15) is 11.3 Å². The summed E-state index contributed by atoms with van der Waals surface area (Å²) in [6.45, 7) is 2.92. The number of likely N-dealkylation sites (N-methyl/N-ethyl adjacent to an activating group) is 1. The number of aliphatic carboxylic acids is 1. The SMILES string of the molecule is COc1cnccc1C(=O)N(C)C(C)(C)C(=O)O. The van der Waals surface area contributed by atoms with Gasteiger partial charge in [-0.2, -0.15) is 0 Å². The minimum Gasteiger partial charge on any atom is -0.494 e. The zero-order valence-electron chi connectivity index (χ0n) is 10.8. The molecule has 1 amide bonds. The fourth-order valence-electron chi connectivity index (χ4n) is 1.30. The van der Waals surface area contributed by atoms with E-state index in [-0.39, 0.29) is 5.56 Å². The van der Waals surface area contributed by atoms with Crippen molar-refractivity contribution < 1.29 is 19.4 Å². The summed E-state index contributed by atoms with van der Waals surface area (Å²) in [7, 11) is 2.87. The lowest BCUT2D eigenvalue weighted by Crippen LogP contribution is -2.50. The standard InChI is InChI=1S/C12H16N2O4/c1-12(2,11(16)17)14(3)10(15)8-5-6-13-7-9(8)18-4/h5-7H,1-4H3,(H,16,17).